The van der Waals surface area contributed by atoms with Gasteiger partial charge in [0.05, 0.1) is 17.0 Å². The number of nitrogens with one attached hydrogen (secondary N) is 1. The number of fused-ring (bicyclic) bond motifs is 1. The second-order valence-electron chi connectivity index (χ2n) is 15.8. The van der Waals surface area contributed by atoms with Gasteiger partial charge in [0.25, 0.3) is 5.91 Å². The number of amides is 4. The number of benzene rings is 1. The second kappa shape index (κ2) is 16.3. The molecule has 2 aromatic rings. The predicted octanol–water partition coefficient (Wildman–Crippen LogP) is 5.54. The molecule has 5 rings (SSSR count). The fourth-order valence-electron chi connectivity index (χ4n) is 7.33. The van der Waals surface area contributed by atoms with Crippen LogP contribution < -0.4 is 10.2 Å². The quantitative estimate of drug-likeness (QED) is 0.337. The molecular formula is C39H54ClN7O5. The Morgan fingerprint density at radius 2 is 1.71 bits per heavy atom. The van der Waals surface area contributed by atoms with Crippen molar-refractivity contribution in [1.82, 2.24) is 30.0 Å². The minimum absolute atomic E-state index is 0.0324. The minimum atomic E-state index is -0.718. The van der Waals surface area contributed by atoms with Crippen molar-refractivity contribution in [3.05, 3.63) is 63.8 Å². The van der Waals surface area contributed by atoms with Crippen LogP contribution in [-0.4, -0.2) is 106 Å². The monoisotopic (exact) mass is 735 g/mol. The number of carbonyl (C=O) groups excluding carboxylic acids is 4. The SMILES string of the molecule is Cc1ccc(N(CCCN2CC3=CN(C(=O)c4c(C)ncnc4C)CC3C2)C(=O)C2CCN(C(=O)C(NC(=O)OC(C)(C)C)C(C)C)CC2)cc1Cl. The summed E-state index contributed by atoms with van der Waals surface area (Å²) in [4.78, 5) is 69.8. The van der Waals surface area contributed by atoms with Gasteiger partial charge in [0, 0.05) is 74.6 Å². The molecule has 0 radical (unpaired) electrons. The minimum Gasteiger partial charge on any atom is -0.444 e. The molecule has 1 aromatic heterocycles. The van der Waals surface area contributed by atoms with E-state index in [1.807, 2.05) is 63.9 Å². The van der Waals surface area contributed by atoms with Crippen LogP contribution in [0.2, 0.25) is 5.02 Å². The van der Waals surface area contributed by atoms with Gasteiger partial charge in [-0.15, -0.1) is 0 Å². The summed E-state index contributed by atoms with van der Waals surface area (Å²) in [5.41, 5.74) is 4.24. The van der Waals surface area contributed by atoms with Crippen LogP contribution in [0.15, 0.2) is 36.3 Å². The summed E-state index contributed by atoms with van der Waals surface area (Å²) in [6.45, 7) is 19.2. The van der Waals surface area contributed by atoms with Gasteiger partial charge < -0.3 is 24.8 Å². The van der Waals surface area contributed by atoms with Crippen molar-refractivity contribution in [2.24, 2.45) is 17.8 Å². The fraction of sp³-hybridized carbons (Fsp3) is 0.590. The average molecular weight is 736 g/mol. The van der Waals surface area contributed by atoms with Gasteiger partial charge >= 0.3 is 6.09 Å². The summed E-state index contributed by atoms with van der Waals surface area (Å²) < 4.78 is 5.40. The number of anilines is 1. The largest absolute Gasteiger partial charge is 0.444 e. The van der Waals surface area contributed by atoms with Crippen LogP contribution in [0.3, 0.4) is 0 Å². The third kappa shape index (κ3) is 9.30. The highest BCUT2D eigenvalue weighted by Crippen LogP contribution is 2.32. The maximum atomic E-state index is 14.2. The lowest BCUT2D eigenvalue weighted by molar-refractivity contribution is -0.137. The number of hydrogen-bond acceptors (Lipinski definition) is 8. The zero-order valence-electron chi connectivity index (χ0n) is 31.9. The summed E-state index contributed by atoms with van der Waals surface area (Å²) in [6.07, 6.45) is 4.70. The Kier molecular flexibility index (Phi) is 12.3. The van der Waals surface area contributed by atoms with Crippen LogP contribution >= 0.6 is 11.6 Å². The van der Waals surface area contributed by atoms with E-state index < -0.39 is 17.7 Å². The van der Waals surface area contributed by atoms with Gasteiger partial charge in [0.1, 0.15) is 18.0 Å². The number of nitrogens with zero attached hydrogens (tertiary/aromatic N) is 6. The van der Waals surface area contributed by atoms with Crippen LogP contribution in [0.5, 0.6) is 0 Å². The zero-order chi connectivity index (χ0) is 37.9. The highest BCUT2D eigenvalue weighted by Gasteiger charge is 2.38. The number of likely N-dealkylation sites (tertiary alicyclic amines) is 2. The molecule has 1 N–H and O–H groups in total. The first kappa shape index (κ1) is 39.2. The van der Waals surface area contributed by atoms with Gasteiger partial charge in [-0.1, -0.05) is 31.5 Å². The van der Waals surface area contributed by atoms with Crippen molar-refractivity contribution >= 4 is 41.1 Å². The van der Waals surface area contributed by atoms with Crippen molar-refractivity contribution in [2.75, 3.05) is 50.7 Å². The third-order valence-corrected chi connectivity index (χ3v) is 10.6. The highest BCUT2D eigenvalue weighted by molar-refractivity contribution is 6.31. The Balaban J connectivity index is 1.18. The van der Waals surface area contributed by atoms with E-state index in [1.165, 1.54) is 11.9 Å². The number of halogens is 1. The van der Waals surface area contributed by atoms with E-state index in [2.05, 4.69) is 20.2 Å². The number of hydrogen-bond donors (Lipinski definition) is 1. The highest BCUT2D eigenvalue weighted by atomic mass is 35.5. The molecule has 282 valence electrons. The summed E-state index contributed by atoms with van der Waals surface area (Å²) in [5.74, 6) is -0.279. The van der Waals surface area contributed by atoms with E-state index in [9.17, 15) is 19.2 Å². The lowest BCUT2D eigenvalue weighted by Crippen LogP contribution is -2.54. The van der Waals surface area contributed by atoms with Gasteiger partial charge in [0.15, 0.2) is 0 Å². The molecular weight excluding hydrogens is 682 g/mol. The van der Waals surface area contributed by atoms with Crippen molar-refractivity contribution in [3.63, 3.8) is 0 Å². The molecule has 0 spiro atoms. The third-order valence-electron chi connectivity index (χ3n) is 10.2. The lowest BCUT2D eigenvalue weighted by atomic mass is 9.93. The number of alkyl carbamates (subject to hydrolysis) is 1. The van der Waals surface area contributed by atoms with Crippen LogP contribution in [0.25, 0.3) is 0 Å². The molecule has 2 unspecified atom stereocenters. The molecule has 1 aromatic carbocycles. The second-order valence-corrected chi connectivity index (χ2v) is 16.2. The summed E-state index contributed by atoms with van der Waals surface area (Å²) in [7, 11) is 0. The van der Waals surface area contributed by atoms with Gasteiger partial charge in [-0.3, -0.25) is 19.3 Å². The van der Waals surface area contributed by atoms with Gasteiger partial charge in [-0.05, 0) is 90.0 Å². The Morgan fingerprint density at radius 1 is 1.04 bits per heavy atom. The van der Waals surface area contributed by atoms with E-state index in [4.69, 9.17) is 16.3 Å². The number of carbonyl (C=O) groups is 4. The van der Waals surface area contributed by atoms with Crippen LogP contribution in [0.4, 0.5) is 10.5 Å². The Labute approximate surface area is 312 Å². The lowest BCUT2D eigenvalue weighted by Gasteiger charge is -2.37. The average Bonchev–Trinajstić information content (AvgIpc) is 3.65. The fourth-order valence-corrected chi connectivity index (χ4v) is 7.51. The number of ether oxygens (including phenoxy) is 1. The molecule has 13 heteroatoms. The number of aromatic nitrogens is 2. The van der Waals surface area contributed by atoms with E-state index in [0.717, 1.165) is 37.3 Å². The molecule has 0 saturated carbocycles. The standard InChI is InChI=1S/C39H54ClN7O5/c1-24(2)34(43-38(51)52-39(6,7)8)37(50)45-16-12-28(13-17-45)35(48)47(31-11-10-25(3)32(40)18-31)15-9-14-44-19-29-21-46(22-30(29)20-44)36(49)33-26(4)41-23-42-27(33)5/h10-11,18,21,23-24,28,30,34H,9,12-17,19-20,22H2,1-8H3,(H,43,51). The van der Waals surface area contributed by atoms with Crippen LogP contribution in [0.1, 0.15) is 81.2 Å². The molecule has 2 atom stereocenters. The summed E-state index contributed by atoms with van der Waals surface area (Å²) >= 11 is 6.54. The predicted molar refractivity (Wildman–Crippen MR) is 201 cm³/mol. The topological polar surface area (TPSA) is 128 Å². The van der Waals surface area contributed by atoms with Gasteiger partial charge in [0.2, 0.25) is 11.8 Å². The summed E-state index contributed by atoms with van der Waals surface area (Å²) in [6, 6.07) is 5.03. The van der Waals surface area contributed by atoms with Crippen LogP contribution in [0, 0.1) is 38.5 Å². The Hall–Kier alpha value is -4.03. The first-order valence-electron chi connectivity index (χ1n) is 18.4. The van der Waals surface area contributed by atoms with Gasteiger partial charge in [-0.2, -0.15) is 0 Å². The van der Waals surface area contributed by atoms with Crippen molar-refractivity contribution in [3.8, 4) is 0 Å². The molecule has 12 nitrogen and oxygen atoms in total. The van der Waals surface area contributed by atoms with E-state index in [0.29, 0.717) is 61.0 Å². The molecule has 4 heterocycles. The molecule has 2 fully saturated rings. The first-order valence-corrected chi connectivity index (χ1v) is 18.8. The first-order chi connectivity index (χ1) is 24.5. The maximum absolute atomic E-state index is 14.2. The molecule has 2 saturated heterocycles. The van der Waals surface area contributed by atoms with E-state index in [-0.39, 0.29) is 35.5 Å². The molecule has 0 bridgehead atoms. The Morgan fingerprint density at radius 3 is 2.31 bits per heavy atom. The maximum Gasteiger partial charge on any atom is 0.408 e. The smallest absolute Gasteiger partial charge is 0.408 e. The van der Waals surface area contributed by atoms with E-state index in [1.54, 1.807) is 30.6 Å². The molecule has 0 aliphatic carbocycles. The zero-order valence-corrected chi connectivity index (χ0v) is 32.6. The molecule has 52 heavy (non-hydrogen) atoms. The number of aryl methyl sites for hydroxylation is 3. The van der Waals surface area contributed by atoms with Crippen molar-refractivity contribution < 1.29 is 23.9 Å². The van der Waals surface area contributed by atoms with Gasteiger partial charge in [-0.25, -0.2) is 14.8 Å². The molecule has 3 aliphatic rings. The summed E-state index contributed by atoms with van der Waals surface area (Å²) in [5, 5.41) is 3.37. The number of piperidine rings is 1. The van der Waals surface area contributed by atoms with Crippen molar-refractivity contribution in [1.29, 1.82) is 0 Å². The Bertz CT molecular complexity index is 1680. The normalized spacial score (nSPS) is 18.7. The van der Waals surface area contributed by atoms with Crippen LogP contribution in [-0.2, 0) is 14.3 Å². The number of rotatable bonds is 10. The van der Waals surface area contributed by atoms with E-state index >= 15 is 0 Å². The van der Waals surface area contributed by atoms with Crippen molar-refractivity contribution in [2.45, 2.75) is 86.3 Å². The molecule has 3 aliphatic heterocycles. The molecule has 4 amide bonds.